The molecule has 0 amide bonds. The number of nitrogen functional groups attached to an aromatic ring is 1. The summed E-state index contributed by atoms with van der Waals surface area (Å²) >= 11 is 0. The first kappa shape index (κ1) is 13.9. The molecule has 0 saturated heterocycles. The topological polar surface area (TPSA) is 75.8 Å². The number of aromatic nitrogens is 1. The third-order valence-corrected chi connectivity index (χ3v) is 3.60. The van der Waals surface area contributed by atoms with E-state index in [0.29, 0.717) is 16.9 Å². The lowest BCUT2D eigenvalue weighted by Crippen LogP contribution is -2.00. The predicted molar refractivity (Wildman–Crippen MR) is 86.0 cm³/mol. The van der Waals surface area contributed by atoms with Crippen molar-refractivity contribution < 1.29 is 4.42 Å². The van der Waals surface area contributed by atoms with Crippen molar-refractivity contribution in [3.05, 3.63) is 59.4 Å². The quantitative estimate of drug-likeness (QED) is 0.771. The number of rotatable bonds is 2. The number of pyridine rings is 1. The zero-order valence-corrected chi connectivity index (χ0v) is 12.4. The van der Waals surface area contributed by atoms with Crippen molar-refractivity contribution >= 4 is 5.82 Å². The second kappa shape index (κ2) is 5.38. The number of nitrogens with two attached hydrogens (primary N) is 1. The van der Waals surface area contributed by atoms with Gasteiger partial charge in [0.15, 0.2) is 0 Å². The van der Waals surface area contributed by atoms with E-state index in [-0.39, 0.29) is 5.82 Å². The SMILES string of the molecule is Cc1ccc(-c2cc(-c3ccco3)c(C#N)c(N)n2)c(C)c1. The molecule has 0 saturated carbocycles. The van der Waals surface area contributed by atoms with Crippen LogP contribution in [0.15, 0.2) is 47.1 Å². The van der Waals surface area contributed by atoms with E-state index in [1.54, 1.807) is 18.4 Å². The van der Waals surface area contributed by atoms with Gasteiger partial charge in [0.25, 0.3) is 0 Å². The molecule has 0 fully saturated rings. The summed E-state index contributed by atoms with van der Waals surface area (Å²) in [7, 11) is 0. The molecule has 1 aromatic carbocycles. The minimum atomic E-state index is 0.214. The van der Waals surface area contributed by atoms with Crippen LogP contribution in [0.1, 0.15) is 16.7 Å². The Kier molecular flexibility index (Phi) is 3.40. The predicted octanol–water partition coefficient (Wildman–Crippen LogP) is 4.08. The molecule has 108 valence electrons. The second-order valence-corrected chi connectivity index (χ2v) is 5.22. The fourth-order valence-electron chi connectivity index (χ4n) is 2.55. The molecule has 22 heavy (non-hydrogen) atoms. The molecule has 0 aliphatic rings. The van der Waals surface area contributed by atoms with E-state index in [9.17, 15) is 5.26 Å². The van der Waals surface area contributed by atoms with Crippen LogP contribution in [0, 0.1) is 25.2 Å². The molecule has 2 N–H and O–H groups in total. The Morgan fingerprint density at radius 2 is 1.95 bits per heavy atom. The molecule has 0 radical (unpaired) electrons. The first-order valence-corrected chi connectivity index (χ1v) is 6.92. The van der Waals surface area contributed by atoms with Crippen LogP contribution in [-0.4, -0.2) is 4.98 Å². The minimum absolute atomic E-state index is 0.214. The largest absolute Gasteiger partial charge is 0.464 e. The van der Waals surface area contributed by atoms with E-state index in [2.05, 4.69) is 17.1 Å². The van der Waals surface area contributed by atoms with Gasteiger partial charge in [-0.1, -0.05) is 23.8 Å². The van der Waals surface area contributed by atoms with Gasteiger partial charge in [0.2, 0.25) is 0 Å². The van der Waals surface area contributed by atoms with Crippen molar-refractivity contribution in [3.63, 3.8) is 0 Å². The Morgan fingerprint density at radius 1 is 1.14 bits per heavy atom. The van der Waals surface area contributed by atoms with Gasteiger partial charge in [-0.2, -0.15) is 5.26 Å². The lowest BCUT2D eigenvalue weighted by Gasteiger charge is -2.10. The van der Waals surface area contributed by atoms with E-state index in [4.69, 9.17) is 10.2 Å². The lowest BCUT2D eigenvalue weighted by molar-refractivity contribution is 0.582. The fraction of sp³-hybridized carbons (Fsp3) is 0.111. The third-order valence-electron chi connectivity index (χ3n) is 3.60. The molecule has 0 aliphatic heterocycles. The van der Waals surface area contributed by atoms with Gasteiger partial charge in [-0.3, -0.25) is 0 Å². The van der Waals surface area contributed by atoms with Crippen LogP contribution in [-0.2, 0) is 0 Å². The van der Waals surface area contributed by atoms with Crippen molar-refractivity contribution in [2.24, 2.45) is 0 Å². The summed E-state index contributed by atoms with van der Waals surface area (Å²) in [5.41, 5.74) is 11.0. The highest BCUT2D eigenvalue weighted by Gasteiger charge is 2.15. The number of benzene rings is 1. The van der Waals surface area contributed by atoms with Gasteiger partial charge in [0.05, 0.1) is 12.0 Å². The zero-order valence-electron chi connectivity index (χ0n) is 12.4. The summed E-state index contributed by atoms with van der Waals surface area (Å²) in [4.78, 5) is 4.39. The zero-order chi connectivity index (χ0) is 15.7. The van der Waals surface area contributed by atoms with Crippen LogP contribution >= 0.6 is 0 Å². The highest BCUT2D eigenvalue weighted by Crippen LogP contribution is 2.32. The molecule has 4 nitrogen and oxygen atoms in total. The highest BCUT2D eigenvalue weighted by atomic mass is 16.3. The first-order valence-electron chi connectivity index (χ1n) is 6.92. The number of furan rings is 1. The minimum Gasteiger partial charge on any atom is -0.464 e. The van der Waals surface area contributed by atoms with Crippen LogP contribution in [0.2, 0.25) is 0 Å². The second-order valence-electron chi connectivity index (χ2n) is 5.22. The molecule has 2 aromatic heterocycles. The summed E-state index contributed by atoms with van der Waals surface area (Å²) in [5, 5.41) is 9.34. The number of aryl methyl sites for hydroxylation is 2. The molecule has 4 heteroatoms. The van der Waals surface area contributed by atoms with Gasteiger partial charge in [0, 0.05) is 11.1 Å². The molecule has 0 atom stereocenters. The molecular formula is C18H15N3O. The van der Waals surface area contributed by atoms with Crippen molar-refractivity contribution in [2.45, 2.75) is 13.8 Å². The summed E-state index contributed by atoms with van der Waals surface area (Å²) in [6.45, 7) is 4.08. The molecule has 0 unspecified atom stereocenters. The van der Waals surface area contributed by atoms with E-state index in [1.165, 1.54) is 5.56 Å². The number of hydrogen-bond donors (Lipinski definition) is 1. The monoisotopic (exact) mass is 289 g/mol. The fourth-order valence-corrected chi connectivity index (χ4v) is 2.55. The molecular weight excluding hydrogens is 274 g/mol. The van der Waals surface area contributed by atoms with Gasteiger partial charge < -0.3 is 10.2 Å². The number of nitriles is 1. The van der Waals surface area contributed by atoms with Crippen LogP contribution in [0.3, 0.4) is 0 Å². The maximum Gasteiger partial charge on any atom is 0.142 e. The van der Waals surface area contributed by atoms with Crippen molar-refractivity contribution in [1.82, 2.24) is 4.98 Å². The van der Waals surface area contributed by atoms with E-state index < -0.39 is 0 Å². The van der Waals surface area contributed by atoms with Crippen molar-refractivity contribution in [3.8, 4) is 28.7 Å². The van der Waals surface area contributed by atoms with Gasteiger partial charge in [-0.15, -0.1) is 0 Å². The summed E-state index contributed by atoms with van der Waals surface area (Å²) in [6.07, 6.45) is 1.57. The molecule has 0 bridgehead atoms. The van der Waals surface area contributed by atoms with E-state index >= 15 is 0 Å². The van der Waals surface area contributed by atoms with Crippen molar-refractivity contribution in [2.75, 3.05) is 5.73 Å². The Morgan fingerprint density at radius 3 is 2.59 bits per heavy atom. The number of anilines is 1. The average molecular weight is 289 g/mol. The molecule has 2 heterocycles. The average Bonchev–Trinajstić information content (AvgIpc) is 3.00. The van der Waals surface area contributed by atoms with Crippen LogP contribution in [0.4, 0.5) is 5.82 Å². The first-order chi connectivity index (χ1) is 10.6. The Balaban J connectivity index is 2.25. The summed E-state index contributed by atoms with van der Waals surface area (Å²) in [6, 6.07) is 13.7. The Bertz CT molecular complexity index is 874. The maximum atomic E-state index is 9.34. The standard InChI is InChI=1S/C18H15N3O/c1-11-5-6-13(12(2)8-11)16-9-14(17-4-3-7-22-17)15(10-19)18(20)21-16/h3-9H,1-2H3,(H2,20,21). The highest BCUT2D eigenvalue weighted by molar-refractivity contribution is 5.78. The number of hydrogen-bond acceptors (Lipinski definition) is 4. The number of nitrogens with zero attached hydrogens (tertiary/aromatic N) is 2. The van der Waals surface area contributed by atoms with E-state index in [0.717, 1.165) is 16.8 Å². The van der Waals surface area contributed by atoms with Crippen LogP contribution < -0.4 is 5.73 Å². The van der Waals surface area contributed by atoms with Gasteiger partial charge in [-0.25, -0.2) is 4.98 Å². The van der Waals surface area contributed by atoms with Gasteiger partial charge in [-0.05, 0) is 37.6 Å². The van der Waals surface area contributed by atoms with Gasteiger partial charge >= 0.3 is 0 Å². The summed E-state index contributed by atoms with van der Waals surface area (Å²) < 4.78 is 5.42. The Labute approximate surface area is 128 Å². The molecule has 3 rings (SSSR count). The van der Waals surface area contributed by atoms with Crippen LogP contribution in [0.25, 0.3) is 22.6 Å². The van der Waals surface area contributed by atoms with Crippen LogP contribution in [0.5, 0.6) is 0 Å². The Hall–Kier alpha value is -3.06. The van der Waals surface area contributed by atoms with Crippen molar-refractivity contribution in [1.29, 1.82) is 5.26 Å². The van der Waals surface area contributed by atoms with E-state index in [1.807, 2.05) is 32.0 Å². The smallest absolute Gasteiger partial charge is 0.142 e. The lowest BCUT2D eigenvalue weighted by atomic mass is 9.99. The molecule has 0 spiro atoms. The third kappa shape index (κ3) is 2.33. The van der Waals surface area contributed by atoms with Gasteiger partial charge in [0.1, 0.15) is 23.2 Å². The summed E-state index contributed by atoms with van der Waals surface area (Å²) in [5.74, 6) is 0.822. The molecule has 3 aromatic rings. The molecule has 0 aliphatic carbocycles. The maximum absolute atomic E-state index is 9.34. The normalized spacial score (nSPS) is 10.4.